The van der Waals surface area contributed by atoms with Gasteiger partial charge in [0, 0.05) is 5.41 Å². The molecule has 3 nitrogen and oxygen atoms in total. The normalized spacial score (nSPS) is 22.3. The predicted molar refractivity (Wildman–Crippen MR) is 98.5 cm³/mol. The van der Waals surface area contributed by atoms with Crippen LogP contribution in [0.15, 0.2) is 54.6 Å². The minimum absolute atomic E-state index is 0.0731. The summed E-state index contributed by atoms with van der Waals surface area (Å²) in [6.07, 6.45) is 0.823. The summed E-state index contributed by atoms with van der Waals surface area (Å²) in [6.45, 7) is 8.38. The molecule has 0 heterocycles. The van der Waals surface area contributed by atoms with Crippen molar-refractivity contribution in [2.24, 2.45) is 5.92 Å². The van der Waals surface area contributed by atoms with Gasteiger partial charge in [0.1, 0.15) is 18.0 Å². The first-order valence-corrected chi connectivity index (χ1v) is 8.78. The van der Waals surface area contributed by atoms with Crippen LogP contribution in [0.4, 0.5) is 0 Å². The van der Waals surface area contributed by atoms with Crippen LogP contribution >= 0.6 is 0 Å². The van der Waals surface area contributed by atoms with Crippen molar-refractivity contribution in [3.8, 4) is 5.75 Å². The number of hydrogen-bond acceptors (Lipinski definition) is 3. The lowest BCUT2D eigenvalue weighted by atomic mass is 9.95. The molecule has 3 rings (SSSR count). The number of ether oxygens (including phenoxy) is 2. The third kappa shape index (κ3) is 4.22. The van der Waals surface area contributed by atoms with Crippen molar-refractivity contribution in [2.45, 2.75) is 51.7 Å². The molecule has 0 radical (unpaired) electrons. The number of benzene rings is 2. The first-order valence-electron chi connectivity index (χ1n) is 8.78. The van der Waals surface area contributed by atoms with Crippen LogP contribution in [0.25, 0.3) is 0 Å². The quantitative estimate of drug-likeness (QED) is 0.729. The molecule has 1 fully saturated rings. The van der Waals surface area contributed by atoms with Crippen LogP contribution in [0.3, 0.4) is 0 Å². The van der Waals surface area contributed by atoms with Gasteiger partial charge in [-0.1, -0.05) is 49.4 Å². The second-order valence-corrected chi connectivity index (χ2v) is 8.01. The van der Waals surface area contributed by atoms with Crippen molar-refractivity contribution < 1.29 is 14.3 Å². The fourth-order valence-corrected chi connectivity index (χ4v) is 3.08. The van der Waals surface area contributed by atoms with Gasteiger partial charge in [-0.05, 0) is 50.5 Å². The summed E-state index contributed by atoms with van der Waals surface area (Å²) in [5, 5.41) is 0. The van der Waals surface area contributed by atoms with Gasteiger partial charge in [-0.25, -0.2) is 0 Å². The smallest absolute Gasteiger partial charge is 0.310 e. The molecular formula is C22H26O3. The van der Waals surface area contributed by atoms with E-state index in [1.165, 1.54) is 0 Å². The molecule has 0 saturated heterocycles. The minimum atomic E-state index is -0.443. The van der Waals surface area contributed by atoms with E-state index in [9.17, 15) is 4.79 Å². The van der Waals surface area contributed by atoms with Gasteiger partial charge in [-0.3, -0.25) is 4.79 Å². The fourth-order valence-electron chi connectivity index (χ4n) is 3.08. The molecule has 0 N–H and O–H groups in total. The van der Waals surface area contributed by atoms with Crippen LogP contribution < -0.4 is 4.74 Å². The van der Waals surface area contributed by atoms with Gasteiger partial charge in [0.25, 0.3) is 0 Å². The molecule has 0 amide bonds. The van der Waals surface area contributed by atoms with Crippen LogP contribution in [0.1, 0.15) is 45.2 Å². The lowest BCUT2D eigenvalue weighted by Crippen LogP contribution is -2.26. The summed E-state index contributed by atoms with van der Waals surface area (Å²) in [7, 11) is 0. The van der Waals surface area contributed by atoms with Crippen molar-refractivity contribution in [3.63, 3.8) is 0 Å². The highest BCUT2D eigenvalue weighted by molar-refractivity contribution is 5.79. The Kier molecular flexibility index (Phi) is 4.59. The zero-order valence-corrected chi connectivity index (χ0v) is 15.4. The van der Waals surface area contributed by atoms with E-state index < -0.39 is 5.60 Å². The molecule has 1 aliphatic rings. The summed E-state index contributed by atoms with van der Waals surface area (Å²) in [6, 6.07) is 18.2. The van der Waals surface area contributed by atoms with Crippen LogP contribution in [-0.4, -0.2) is 11.6 Å². The van der Waals surface area contributed by atoms with E-state index in [1.807, 2.05) is 69.3 Å². The Morgan fingerprint density at radius 3 is 2.52 bits per heavy atom. The predicted octanol–water partition coefficient (Wildman–Crippen LogP) is 4.88. The van der Waals surface area contributed by atoms with Gasteiger partial charge in [0.05, 0.1) is 5.92 Å². The SMILES string of the molecule is CC(C)(C)OC(=O)C1C[C@]1(C)c1cccc(OCc2ccccc2)c1. The van der Waals surface area contributed by atoms with Crippen molar-refractivity contribution >= 4 is 5.97 Å². The average molecular weight is 338 g/mol. The fraction of sp³-hybridized carbons (Fsp3) is 0.409. The molecule has 2 aromatic rings. The Morgan fingerprint density at radius 1 is 1.12 bits per heavy atom. The molecule has 1 saturated carbocycles. The van der Waals surface area contributed by atoms with Gasteiger partial charge >= 0.3 is 5.97 Å². The number of esters is 1. The molecule has 0 spiro atoms. The van der Waals surface area contributed by atoms with Gasteiger partial charge in [-0.2, -0.15) is 0 Å². The van der Waals surface area contributed by atoms with Gasteiger partial charge in [0.2, 0.25) is 0 Å². The molecule has 2 aromatic carbocycles. The third-order valence-corrected chi connectivity index (χ3v) is 4.67. The number of hydrogen-bond donors (Lipinski definition) is 0. The first kappa shape index (κ1) is 17.5. The van der Waals surface area contributed by atoms with Crippen LogP contribution in [0.5, 0.6) is 5.75 Å². The average Bonchev–Trinajstić information content (AvgIpc) is 3.26. The van der Waals surface area contributed by atoms with Gasteiger partial charge < -0.3 is 9.47 Å². The van der Waals surface area contributed by atoms with Gasteiger partial charge in [-0.15, -0.1) is 0 Å². The maximum atomic E-state index is 12.4. The molecule has 132 valence electrons. The number of rotatable bonds is 5. The molecule has 25 heavy (non-hydrogen) atoms. The monoisotopic (exact) mass is 338 g/mol. The molecular weight excluding hydrogens is 312 g/mol. The zero-order valence-electron chi connectivity index (χ0n) is 15.4. The summed E-state index contributed by atoms with van der Waals surface area (Å²) in [5.74, 6) is 0.652. The maximum absolute atomic E-state index is 12.4. The number of carbonyl (C=O) groups excluding carboxylic acids is 1. The van der Waals surface area contributed by atoms with Crippen LogP contribution in [-0.2, 0) is 21.6 Å². The van der Waals surface area contributed by atoms with Gasteiger partial charge in [0.15, 0.2) is 0 Å². The minimum Gasteiger partial charge on any atom is -0.489 e. The van der Waals surface area contributed by atoms with E-state index in [-0.39, 0.29) is 17.3 Å². The van der Waals surface area contributed by atoms with E-state index in [0.29, 0.717) is 6.61 Å². The Morgan fingerprint density at radius 2 is 1.84 bits per heavy atom. The first-order chi connectivity index (χ1) is 11.8. The van der Waals surface area contributed by atoms with Crippen molar-refractivity contribution in [2.75, 3.05) is 0 Å². The molecule has 0 aliphatic heterocycles. The Hall–Kier alpha value is -2.29. The van der Waals surface area contributed by atoms with Crippen LogP contribution in [0, 0.1) is 5.92 Å². The highest BCUT2D eigenvalue weighted by Gasteiger charge is 2.57. The topological polar surface area (TPSA) is 35.5 Å². The summed E-state index contributed by atoms with van der Waals surface area (Å²) in [5.41, 5.74) is 1.67. The van der Waals surface area contributed by atoms with Crippen molar-refractivity contribution in [1.29, 1.82) is 0 Å². The molecule has 2 atom stereocenters. The Bertz CT molecular complexity index is 745. The molecule has 1 aliphatic carbocycles. The Labute approximate surface area is 150 Å². The van der Waals surface area contributed by atoms with Crippen molar-refractivity contribution in [3.05, 3.63) is 65.7 Å². The second kappa shape index (κ2) is 6.55. The molecule has 0 bridgehead atoms. The second-order valence-electron chi connectivity index (χ2n) is 8.01. The zero-order chi connectivity index (χ0) is 18.1. The summed E-state index contributed by atoms with van der Waals surface area (Å²) >= 11 is 0. The standard InChI is InChI=1S/C22H26O3/c1-21(2,3)25-20(23)19-14-22(19,4)17-11-8-12-18(13-17)24-15-16-9-6-5-7-10-16/h5-13,19H,14-15H2,1-4H3/t19?,22-/m1/s1. The molecule has 0 aromatic heterocycles. The van der Waals surface area contributed by atoms with E-state index in [1.54, 1.807) is 0 Å². The molecule has 3 heteroatoms. The summed E-state index contributed by atoms with van der Waals surface area (Å²) in [4.78, 5) is 12.4. The lowest BCUT2D eigenvalue weighted by molar-refractivity contribution is -0.157. The van der Waals surface area contributed by atoms with Crippen LogP contribution in [0.2, 0.25) is 0 Å². The highest BCUT2D eigenvalue weighted by atomic mass is 16.6. The van der Waals surface area contributed by atoms with E-state index in [0.717, 1.165) is 23.3 Å². The maximum Gasteiger partial charge on any atom is 0.310 e. The van der Waals surface area contributed by atoms with E-state index in [2.05, 4.69) is 13.0 Å². The third-order valence-electron chi connectivity index (χ3n) is 4.67. The van der Waals surface area contributed by atoms with E-state index in [4.69, 9.17) is 9.47 Å². The largest absolute Gasteiger partial charge is 0.489 e. The van der Waals surface area contributed by atoms with E-state index >= 15 is 0 Å². The highest BCUT2D eigenvalue weighted by Crippen LogP contribution is 2.55. The number of carbonyl (C=O) groups is 1. The summed E-state index contributed by atoms with van der Waals surface area (Å²) < 4.78 is 11.5. The lowest BCUT2D eigenvalue weighted by Gasteiger charge is -2.21. The Balaban J connectivity index is 1.66. The van der Waals surface area contributed by atoms with Crippen molar-refractivity contribution in [1.82, 2.24) is 0 Å². The molecule has 1 unspecified atom stereocenters.